The van der Waals surface area contributed by atoms with Gasteiger partial charge in [0.1, 0.15) is 0 Å². The van der Waals surface area contributed by atoms with Crippen molar-refractivity contribution in [2.24, 2.45) is 5.73 Å². The highest BCUT2D eigenvalue weighted by Crippen LogP contribution is 2.16. The van der Waals surface area contributed by atoms with E-state index in [0.717, 1.165) is 24.8 Å². The van der Waals surface area contributed by atoms with E-state index in [2.05, 4.69) is 0 Å². The van der Waals surface area contributed by atoms with Crippen LogP contribution in [0, 0.1) is 0 Å². The Hall–Kier alpha value is -0.910. The maximum absolute atomic E-state index is 12.2. The van der Waals surface area contributed by atoms with Crippen molar-refractivity contribution in [3.8, 4) is 0 Å². The third-order valence-electron chi connectivity index (χ3n) is 2.84. The molecular formula is C13H22N2O2S. The van der Waals surface area contributed by atoms with E-state index in [-0.39, 0.29) is 0 Å². The molecule has 1 aromatic rings. The molecule has 5 heteroatoms. The van der Waals surface area contributed by atoms with Crippen LogP contribution >= 0.6 is 0 Å². The van der Waals surface area contributed by atoms with Crippen LogP contribution in [0.2, 0.25) is 0 Å². The minimum absolute atomic E-state index is 0.356. The molecular weight excluding hydrogens is 248 g/mol. The van der Waals surface area contributed by atoms with Gasteiger partial charge in [0.25, 0.3) is 0 Å². The summed E-state index contributed by atoms with van der Waals surface area (Å²) in [7, 11) is -1.72. The van der Waals surface area contributed by atoms with Gasteiger partial charge in [0.15, 0.2) is 0 Å². The van der Waals surface area contributed by atoms with Gasteiger partial charge in [-0.15, -0.1) is 0 Å². The van der Waals surface area contributed by atoms with E-state index in [4.69, 9.17) is 5.73 Å². The van der Waals surface area contributed by atoms with E-state index in [1.54, 1.807) is 19.2 Å². The average molecular weight is 270 g/mol. The quantitative estimate of drug-likeness (QED) is 0.818. The van der Waals surface area contributed by atoms with Crippen molar-refractivity contribution in [1.29, 1.82) is 0 Å². The number of nitrogens with zero attached hydrogens (tertiary/aromatic N) is 1. The molecule has 2 N–H and O–H groups in total. The summed E-state index contributed by atoms with van der Waals surface area (Å²) in [6, 6.07) is 7.07. The molecule has 0 unspecified atom stereocenters. The highest BCUT2D eigenvalue weighted by Gasteiger charge is 2.19. The molecule has 0 heterocycles. The van der Waals surface area contributed by atoms with E-state index in [9.17, 15) is 8.42 Å². The maximum atomic E-state index is 12.2. The molecule has 0 bridgehead atoms. The third kappa shape index (κ3) is 3.80. The van der Waals surface area contributed by atoms with Crippen LogP contribution < -0.4 is 5.73 Å². The molecule has 0 aliphatic rings. The second kappa shape index (κ2) is 6.87. The lowest BCUT2D eigenvalue weighted by Crippen LogP contribution is -2.27. The Labute approximate surface area is 110 Å². The van der Waals surface area contributed by atoms with Gasteiger partial charge in [-0.2, -0.15) is 0 Å². The molecule has 0 fully saturated rings. The first-order valence-corrected chi connectivity index (χ1v) is 7.71. The van der Waals surface area contributed by atoms with E-state index in [1.807, 2.05) is 19.1 Å². The van der Waals surface area contributed by atoms with Crippen molar-refractivity contribution in [3.05, 3.63) is 29.8 Å². The van der Waals surface area contributed by atoms with Gasteiger partial charge in [-0.3, -0.25) is 0 Å². The lowest BCUT2D eigenvalue weighted by Gasteiger charge is -2.16. The van der Waals surface area contributed by atoms with Gasteiger partial charge < -0.3 is 5.73 Å². The van der Waals surface area contributed by atoms with Crippen LogP contribution in [0.15, 0.2) is 29.2 Å². The van der Waals surface area contributed by atoms with E-state index >= 15 is 0 Å². The van der Waals surface area contributed by atoms with Crippen molar-refractivity contribution in [2.45, 2.75) is 31.1 Å². The highest BCUT2D eigenvalue weighted by atomic mass is 32.2. The average Bonchev–Trinajstić information content (AvgIpc) is 2.37. The van der Waals surface area contributed by atoms with Gasteiger partial charge in [0.05, 0.1) is 4.90 Å². The number of benzene rings is 1. The summed E-state index contributed by atoms with van der Waals surface area (Å²) < 4.78 is 25.7. The molecule has 1 rings (SSSR count). The molecule has 0 spiro atoms. The van der Waals surface area contributed by atoms with Gasteiger partial charge in [0.2, 0.25) is 10.0 Å². The van der Waals surface area contributed by atoms with Crippen molar-refractivity contribution in [1.82, 2.24) is 4.31 Å². The Morgan fingerprint density at radius 3 is 2.33 bits per heavy atom. The summed E-state index contributed by atoms with van der Waals surface area (Å²) in [6.07, 6.45) is 2.62. The summed E-state index contributed by atoms with van der Waals surface area (Å²) in [5.41, 5.74) is 6.57. The number of hydrogen-bond donors (Lipinski definition) is 1. The molecule has 0 saturated heterocycles. The summed E-state index contributed by atoms with van der Waals surface area (Å²) in [5, 5.41) is 0. The zero-order valence-corrected chi connectivity index (χ0v) is 11.9. The van der Waals surface area contributed by atoms with Crippen LogP contribution in [0.4, 0.5) is 0 Å². The first kappa shape index (κ1) is 15.1. The SMILES string of the molecule is CCCN(C)S(=O)(=O)c1ccc(CCCN)cc1. The minimum Gasteiger partial charge on any atom is -0.330 e. The minimum atomic E-state index is -3.33. The first-order valence-electron chi connectivity index (χ1n) is 6.27. The normalized spacial score (nSPS) is 12.0. The van der Waals surface area contributed by atoms with Crippen LogP contribution in [-0.2, 0) is 16.4 Å². The van der Waals surface area contributed by atoms with Gasteiger partial charge in [-0.25, -0.2) is 12.7 Å². The second-order valence-electron chi connectivity index (χ2n) is 4.36. The number of aryl methyl sites for hydroxylation is 1. The fourth-order valence-corrected chi connectivity index (χ4v) is 3.01. The smallest absolute Gasteiger partial charge is 0.242 e. The van der Waals surface area contributed by atoms with Crippen LogP contribution in [0.5, 0.6) is 0 Å². The molecule has 0 aliphatic carbocycles. The monoisotopic (exact) mass is 270 g/mol. The van der Waals surface area contributed by atoms with Crippen LogP contribution in [0.1, 0.15) is 25.3 Å². The zero-order valence-electron chi connectivity index (χ0n) is 11.1. The Morgan fingerprint density at radius 1 is 1.22 bits per heavy atom. The fraction of sp³-hybridized carbons (Fsp3) is 0.538. The standard InChI is InChI=1S/C13H22N2O2S/c1-3-11-15(2)18(16,17)13-8-6-12(7-9-13)5-4-10-14/h6-9H,3-5,10-11,14H2,1-2H3. The summed E-state index contributed by atoms with van der Waals surface area (Å²) in [5.74, 6) is 0. The van der Waals surface area contributed by atoms with Gasteiger partial charge >= 0.3 is 0 Å². The maximum Gasteiger partial charge on any atom is 0.242 e. The Balaban J connectivity index is 2.84. The molecule has 0 radical (unpaired) electrons. The predicted octanol–water partition coefficient (Wildman–Crippen LogP) is 1.61. The summed E-state index contributed by atoms with van der Waals surface area (Å²) >= 11 is 0. The molecule has 0 amide bonds. The van der Waals surface area contributed by atoms with E-state index in [0.29, 0.717) is 18.0 Å². The van der Waals surface area contributed by atoms with Gasteiger partial charge in [-0.1, -0.05) is 19.1 Å². The molecule has 0 saturated carbocycles. The highest BCUT2D eigenvalue weighted by molar-refractivity contribution is 7.89. The molecule has 0 aromatic heterocycles. The van der Waals surface area contributed by atoms with Crippen molar-refractivity contribution in [3.63, 3.8) is 0 Å². The van der Waals surface area contributed by atoms with Crippen LogP contribution in [0.3, 0.4) is 0 Å². The Kier molecular flexibility index (Phi) is 5.78. The topological polar surface area (TPSA) is 63.4 Å². The molecule has 0 atom stereocenters. The molecule has 102 valence electrons. The summed E-state index contributed by atoms with van der Waals surface area (Å²) in [4.78, 5) is 0.356. The number of rotatable bonds is 7. The predicted molar refractivity (Wildman–Crippen MR) is 73.9 cm³/mol. The van der Waals surface area contributed by atoms with E-state index in [1.165, 1.54) is 4.31 Å². The van der Waals surface area contributed by atoms with E-state index < -0.39 is 10.0 Å². The lowest BCUT2D eigenvalue weighted by molar-refractivity contribution is 0.468. The van der Waals surface area contributed by atoms with Crippen LogP contribution in [0.25, 0.3) is 0 Å². The Bertz CT molecular complexity index is 454. The van der Waals surface area contributed by atoms with Crippen LogP contribution in [-0.4, -0.2) is 32.9 Å². The summed E-state index contributed by atoms with van der Waals surface area (Å²) in [6.45, 7) is 3.15. The van der Waals surface area contributed by atoms with Gasteiger partial charge in [-0.05, 0) is 43.5 Å². The fourth-order valence-electron chi connectivity index (χ4n) is 1.75. The Morgan fingerprint density at radius 2 is 1.83 bits per heavy atom. The number of sulfonamides is 1. The first-order chi connectivity index (χ1) is 8.52. The number of hydrogen-bond acceptors (Lipinski definition) is 3. The second-order valence-corrected chi connectivity index (χ2v) is 6.41. The zero-order chi connectivity index (χ0) is 13.6. The van der Waals surface area contributed by atoms with Crippen molar-refractivity contribution in [2.75, 3.05) is 20.1 Å². The molecule has 4 nitrogen and oxygen atoms in total. The molecule has 0 aliphatic heterocycles. The number of nitrogens with two attached hydrogens (primary N) is 1. The van der Waals surface area contributed by atoms with Crippen molar-refractivity contribution < 1.29 is 8.42 Å². The van der Waals surface area contributed by atoms with Crippen molar-refractivity contribution >= 4 is 10.0 Å². The third-order valence-corrected chi connectivity index (χ3v) is 4.71. The van der Waals surface area contributed by atoms with Gasteiger partial charge in [0, 0.05) is 13.6 Å². The largest absolute Gasteiger partial charge is 0.330 e. The molecule has 18 heavy (non-hydrogen) atoms. The lowest BCUT2D eigenvalue weighted by atomic mass is 10.1. The molecule has 1 aromatic carbocycles.